The number of nitrogens with zero attached hydrogens (tertiary/aromatic N) is 2. The zero-order valence-corrected chi connectivity index (χ0v) is 15.0. The van der Waals surface area contributed by atoms with Crippen molar-refractivity contribution >= 4 is 33.4 Å². The van der Waals surface area contributed by atoms with Crippen molar-refractivity contribution in [2.45, 2.75) is 51.5 Å². The standard InChI is InChI=1S/C17H23N3O3S/c1-9(2)14-12-8-13(24-16(12)20(3)19-14)15(21)18-11-6-4-10(5-7-11)17(22)23/h8-11H,4-7H2,1-3H3,(H,18,21)(H,22,23). The lowest BCUT2D eigenvalue weighted by Gasteiger charge is -2.26. The molecule has 0 spiro atoms. The van der Waals surface area contributed by atoms with E-state index < -0.39 is 5.97 Å². The molecule has 1 saturated carbocycles. The Hall–Kier alpha value is -1.89. The summed E-state index contributed by atoms with van der Waals surface area (Å²) in [6, 6.07) is 2.00. The van der Waals surface area contributed by atoms with Gasteiger partial charge in [-0.15, -0.1) is 11.3 Å². The molecule has 3 rings (SSSR count). The topological polar surface area (TPSA) is 84.2 Å². The summed E-state index contributed by atoms with van der Waals surface area (Å²) in [6.07, 6.45) is 2.72. The molecule has 7 heteroatoms. The van der Waals surface area contributed by atoms with E-state index in [4.69, 9.17) is 5.11 Å². The van der Waals surface area contributed by atoms with Crippen LogP contribution < -0.4 is 5.32 Å². The number of aromatic nitrogens is 2. The Bertz CT molecular complexity index is 769. The summed E-state index contributed by atoms with van der Waals surface area (Å²) in [6.45, 7) is 4.19. The minimum atomic E-state index is -0.724. The molecule has 0 saturated heterocycles. The Morgan fingerprint density at radius 3 is 2.58 bits per heavy atom. The Labute approximate surface area is 144 Å². The molecule has 24 heavy (non-hydrogen) atoms. The van der Waals surface area contributed by atoms with Crippen molar-refractivity contribution < 1.29 is 14.7 Å². The highest BCUT2D eigenvalue weighted by atomic mass is 32.1. The van der Waals surface area contributed by atoms with E-state index in [1.165, 1.54) is 11.3 Å². The molecular formula is C17H23N3O3S. The number of hydrogen-bond donors (Lipinski definition) is 2. The second-order valence-corrected chi connectivity index (χ2v) is 7.88. The highest BCUT2D eigenvalue weighted by Gasteiger charge is 2.27. The van der Waals surface area contributed by atoms with Crippen LogP contribution in [0, 0.1) is 5.92 Å². The van der Waals surface area contributed by atoms with E-state index in [2.05, 4.69) is 24.3 Å². The Kier molecular flexibility index (Phi) is 4.62. The Morgan fingerprint density at radius 2 is 2.00 bits per heavy atom. The quantitative estimate of drug-likeness (QED) is 0.888. The first-order chi connectivity index (χ1) is 11.4. The molecule has 0 radical (unpaired) electrons. The molecule has 2 N–H and O–H groups in total. The van der Waals surface area contributed by atoms with Crippen molar-refractivity contribution in [1.29, 1.82) is 0 Å². The van der Waals surface area contributed by atoms with E-state index >= 15 is 0 Å². The maximum absolute atomic E-state index is 12.5. The van der Waals surface area contributed by atoms with Gasteiger partial charge in [0.25, 0.3) is 5.91 Å². The van der Waals surface area contributed by atoms with E-state index in [9.17, 15) is 9.59 Å². The number of hydrogen-bond acceptors (Lipinski definition) is 4. The van der Waals surface area contributed by atoms with Crippen molar-refractivity contribution in [3.8, 4) is 0 Å². The zero-order chi connectivity index (χ0) is 17.4. The molecule has 130 valence electrons. The van der Waals surface area contributed by atoms with E-state index in [-0.39, 0.29) is 17.9 Å². The van der Waals surface area contributed by atoms with Crippen LogP contribution in [0.1, 0.15) is 60.8 Å². The highest BCUT2D eigenvalue weighted by Crippen LogP contribution is 2.32. The minimum Gasteiger partial charge on any atom is -0.481 e. The predicted octanol–water partition coefficient (Wildman–Crippen LogP) is 3.13. The summed E-state index contributed by atoms with van der Waals surface area (Å²) in [5.74, 6) is -0.740. The van der Waals surface area contributed by atoms with Gasteiger partial charge in [-0.3, -0.25) is 14.3 Å². The third-order valence-corrected chi connectivity index (χ3v) is 5.92. The number of carboxylic acid groups (broad SMARTS) is 1. The Morgan fingerprint density at radius 1 is 1.33 bits per heavy atom. The number of rotatable bonds is 4. The minimum absolute atomic E-state index is 0.0651. The van der Waals surface area contributed by atoms with Crippen LogP contribution in [0.15, 0.2) is 6.07 Å². The van der Waals surface area contributed by atoms with Crippen LogP contribution >= 0.6 is 11.3 Å². The van der Waals surface area contributed by atoms with Gasteiger partial charge in [-0.05, 0) is 37.7 Å². The number of carboxylic acids is 1. The molecule has 2 aromatic heterocycles. The van der Waals surface area contributed by atoms with Gasteiger partial charge >= 0.3 is 5.97 Å². The van der Waals surface area contributed by atoms with E-state index in [0.717, 1.165) is 28.8 Å². The fraction of sp³-hybridized carbons (Fsp3) is 0.588. The maximum Gasteiger partial charge on any atom is 0.306 e. The van der Waals surface area contributed by atoms with Gasteiger partial charge in [0.15, 0.2) is 0 Å². The zero-order valence-electron chi connectivity index (χ0n) is 14.2. The van der Waals surface area contributed by atoms with Crippen molar-refractivity contribution in [2.75, 3.05) is 0 Å². The van der Waals surface area contributed by atoms with E-state index in [1.54, 1.807) is 0 Å². The molecule has 6 nitrogen and oxygen atoms in total. The predicted molar refractivity (Wildman–Crippen MR) is 93.5 cm³/mol. The summed E-state index contributed by atoms with van der Waals surface area (Å²) in [5.41, 5.74) is 1.02. The number of thiophene rings is 1. The first kappa shape index (κ1) is 17.0. The van der Waals surface area contributed by atoms with Crippen LogP contribution in [0.25, 0.3) is 10.2 Å². The fourth-order valence-electron chi connectivity index (χ4n) is 3.35. The summed E-state index contributed by atoms with van der Waals surface area (Å²) in [7, 11) is 1.90. The molecule has 0 aliphatic heterocycles. The molecule has 0 unspecified atom stereocenters. The lowest BCUT2D eigenvalue weighted by atomic mass is 9.86. The number of aliphatic carboxylic acids is 1. The second kappa shape index (κ2) is 6.55. The third kappa shape index (κ3) is 3.17. The number of carbonyl (C=O) groups is 2. The number of fused-ring (bicyclic) bond motifs is 1. The molecule has 0 atom stereocenters. The van der Waals surface area contributed by atoms with Crippen molar-refractivity contribution in [1.82, 2.24) is 15.1 Å². The van der Waals surface area contributed by atoms with Crippen LogP contribution in [-0.4, -0.2) is 32.8 Å². The van der Waals surface area contributed by atoms with Gasteiger partial charge in [0.2, 0.25) is 0 Å². The summed E-state index contributed by atoms with van der Waals surface area (Å²) in [5, 5.41) is 17.7. The van der Waals surface area contributed by atoms with Gasteiger partial charge < -0.3 is 10.4 Å². The molecule has 2 aromatic rings. The SMILES string of the molecule is CC(C)c1nn(C)c2sc(C(=O)NC3CCC(C(=O)O)CC3)cc12. The average Bonchev–Trinajstić information content (AvgIpc) is 3.08. The molecular weight excluding hydrogens is 326 g/mol. The first-order valence-corrected chi connectivity index (χ1v) is 9.18. The fourth-order valence-corrected chi connectivity index (χ4v) is 4.33. The highest BCUT2D eigenvalue weighted by molar-refractivity contribution is 7.20. The van der Waals surface area contributed by atoms with Crippen LogP contribution in [0.3, 0.4) is 0 Å². The molecule has 2 heterocycles. The molecule has 1 amide bonds. The number of aryl methyl sites for hydroxylation is 1. The number of amides is 1. The van der Waals surface area contributed by atoms with Crippen LogP contribution in [0.2, 0.25) is 0 Å². The smallest absolute Gasteiger partial charge is 0.306 e. The Balaban J connectivity index is 1.71. The molecule has 0 bridgehead atoms. The summed E-state index contributed by atoms with van der Waals surface area (Å²) >= 11 is 1.46. The molecule has 1 aliphatic carbocycles. The van der Waals surface area contributed by atoms with Crippen LogP contribution in [0.5, 0.6) is 0 Å². The second-order valence-electron chi connectivity index (χ2n) is 6.85. The molecule has 1 fully saturated rings. The largest absolute Gasteiger partial charge is 0.481 e. The van der Waals surface area contributed by atoms with Crippen molar-refractivity contribution in [3.05, 3.63) is 16.6 Å². The van der Waals surface area contributed by atoms with Crippen molar-refractivity contribution in [2.24, 2.45) is 13.0 Å². The maximum atomic E-state index is 12.5. The normalized spacial score (nSPS) is 21.3. The summed E-state index contributed by atoms with van der Waals surface area (Å²) < 4.78 is 1.84. The summed E-state index contributed by atoms with van der Waals surface area (Å²) in [4.78, 5) is 25.2. The van der Waals surface area contributed by atoms with Crippen LogP contribution in [-0.2, 0) is 11.8 Å². The van der Waals surface area contributed by atoms with E-state index in [0.29, 0.717) is 23.6 Å². The van der Waals surface area contributed by atoms with Gasteiger partial charge in [-0.25, -0.2) is 0 Å². The third-order valence-electron chi connectivity index (χ3n) is 4.72. The van der Waals surface area contributed by atoms with Gasteiger partial charge in [0.05, 0.1) is 16.5 Å². The van der Waals surface area contributed by atoms with Gasteiger partial charge in [-0.1, -0.05) is 13.8 Å². The lowest BCUT2D eigenvalue weighted by Crippen LogP contribution is -2.38. The van der Waals surface area contributed by atoms with E-state index in [1.807, 2.05) is 17.8 Å². The van der Waals surface area contributed by atoms with Crippen molar-refractivity contribution in [3.63, 3.8) is 0 Å². The average molecular weight is 349 g/mol. The number of nitrogens with one attached hydrogen (secondary N) is 1. The first-order valence-electron chi connectivity index (χ1n) is 8.37. The molecule has 0 aromatic carbocycles. The van der Waals surface area contributed by atoms with Gasteiger partial charge in [0.1, 0.15) is 4.83 Å². The van der Waals surface area contributed by atoms with Crippen LogP contribution in [0.4, 0.5) is 0 Å². The van der Waals surface area contributed by atoms with Gasteiger partial charge in [-0.2, -0.15) is 5.10 Å². The number of carbonyl (C=O) groups excluding carboxylic acids is 1. The monoisotopic (exact) mass is 349 g/mol. The molecule has 1 aliphatic rings. The lowest BCUT2D eigenvalue weighted by molar-refractivity contribution is -0.142. The van der Waals surface area contributed by atoms with Gasteiger partial charge in [0, 0.05) is 18.5 Å².